The lowest BCUT2D eigenvalue weighted by Gasteiger charge is -2.15. The van der Waals surface area contributed by atoms with Gasteiger partial charge < -0.3 is 10.1 Å². The van der Waals surface area contributed by atoms with Crippen LogP contribution >= 0.6 is 23.2 Å². The summed E-state index contributed by atoms with van der Waals surface area (Å²) in [6.07, 6.45) is 0.397. The molecule has 0 aliphatic heterocycles. The highest BCUT2D eigenvalue weighted by Crippen LogP contribution is 2.23. The van der Waals surface area contributed by atoms with E-state index in [0.29, 0.717) is 20.6 Å². The van der Waals surface area contributed by atoms with Crippen LogP contribution in [-0.2, 0) is 20.3 Å². The number of amides is 1. The fourth-order valence-corrected chi connectivity index (χ4v) is 3.29. The summed E-state index contributed by atoms with van der Waals surface area (Å²) in [5.41, 5.74) is 0.550. The van der Waals surface area contributed by atoms with E-state index in [9.17, 15) is 13.8 Å². The van der Waals surface area contributed by atoms with Gasteiger partial charge in [-0.05, 0) is 37.3 Å². The van der Waals surface area contributed by atoms with Crippen molar-refractivity contribution in [2.24, 2.45) is 0 Å². The zero-order chi connectivity index (χ0) is 18.6. The summed E-state index contributed by atoms with van der Waals surface area (Å²) in [6.45, 7) is 1.44. The van der Waals surface area contributed by atoms with Gasteiger partial charge in [0.25, 0.3) is 5.91 Å². The van der Waals surface area contributed by atoms with E-state index < -0.39 is 28.8 Å². The normalized spacial score (nSPS) is 13.0. The summed E-state index contributed by atoms with van der Waals surface area (Å²) in [4.78, 5) is 24.8. The molecule has 132 valence electrons. The maximum absolute atomic E-state index is 12.3. The first kappa shape index (κ1) is 19.4. The van der Waals surface area contributed by atoms with E-state index in [1.165, 1.54) is 37.4 Å². The van der Waals surface area contributed by atoms with Gasteiger partial charge in [-0.25, -0.2) is 4.79 Å². The van der Waals surface area contributed by atoms with Crippen molar-refractivity contribution in [3.63, 3.8) is 0 Å². The van der Waals surface area contributed by atoms with Crippen molar-refractivity contribution in [3.8, 4) is 0 Å². The van der Waals surface area contributed by atoms with Gasteiger partial charge in [0.2, 0.25) is 0 Å². The van der Waals surface area contributed by atoms with Gasteiger partial charge in [-0.15, -0.1) is 0 Å². The van der Waals surface area contributed by atoms with E-state index in [1.807, 2.05) is 0 Å². The molecule has 1 amide bonds. The zero-order valence-electron chi connectivity index (χ0n) is 13.4. The third kappa shape index (κ3) is 5.29. The number of rotatable bonds is 5. The lowest BCUT2D eigenvalue weighted by Crippen LogP contribution is -2.30. The van der Waals surface area contributed by atoms with Crippen molar-refractivity contribution in [2.75, 3.05) is 11.6 Å². The lowest BCUT2D eigenvalue weighted by molar-refractivity contribution is -0.123. The highest BCUT2D eigenvalue weighted by atomic mass is 35.5. The molecule has 5 nitrogen and oxygen atoms in total. The van der Waals surface area contributed by atoms with Crippen molar-refractivity contribution >= 4 is 51.6 Å². The monoisotopic (exact) mass is 399 g/mol. The maximum atomic E-state index is 12.3. The number of nitrogens with one attached hydrogen (secondary N) is 1. The molecule has 2 aromatic carbocycles. The van der Waals surface area contributed by atoms with Crippen LogP contribution < -0.4 is 5.32 Å². The van der Waals surface area contributed by atoms with Crippen LogP contribution in [0.25, 0.3) is 0 Å². The minimum Gasteiger partial charge on any atom is -0.449 e. The Morgan fingerprint density at radius 1 is 1.12 bits per heavy atom. The van der Waals surface area contributed by atoms with Gasteiger partial charge in [-0.1, -0.05) is 35.3 Å². The molecule has 2 atom stereocenters. The number of carbonyl (C=O) groups excluding carboxylic acids is 2. The molecule has 0 radical (unpaired) electrons. The molecule has 0 aliphatic rings. The molecule has 0 unspecified atom stereocenters. The third-order valence-electron chi connectivity index (χ3n) is 3.20. The maximum Gasteiger partial charge on any atom is 0.340 e. The standard InChI is InChI=1S/C17H15Cl2NO4S/c1-10(16(21)20-13-8-11(18)7-12(19)9-13)24-17(22)14-5-3-4-6-15(14)25(2)23/h3-10H,1-2H3,(H,20,21)/t10-,25+/m1/s1. The Balaban J connectivity index is 2.08. The van der Waals surface area contributed by atoms with Gasteiger partial charge in [-0.3, -0.25) is 9.00 Å². The molecule has 25 heavy (non-hydrogen) atoms. The second-order valence-corrected chi connectivity index (χ2v) is 7.37. The van der Waals surface area contributed by atoms with Gasteiger partial charge in [0.05, 0.1) is 21.3 Å². The molecule has 2 rings (SSSR count). The van der Waals surface area contributed by atoms with Gasteiger partial charge in [-0.2, -0.15) is 0 Å². The number of hydrogen-bond acceptors (Lipinski definition) is 4. The number of carbonyl (C=O) groups is 2. The molecule has 0 bridgehead atoms. The van der Waals surface area contributed by atoms with Crippen LogP contribution in [0.1, 0.15) is 17.3 Å². The average Bonchev–Trinajstić information content (AvgIpc) is 2.53. The summed E-state index contributed by atoms with van der Waals surface area (Å²) in [6, 6.07) is 11.0. The van der Waals surface area contributed by atoms with E-state index in [4.69, 9.17) is 27.9 Å². The minimum absolute atomic E-state index is 0.161. The van der Waals surface area contributed by atoms with Gasteiger partial charge >= 0.3 is 5.97 Å². The summed E-state index contributed by atoms with van der Waals surface area (Å²) < 4.78 is 16.9. The van der Waals surface area contributed by atoms with Crippen molar-refractivity contribution in [2.45, 2.75) is 17.9 Å². The average molecular weight is 400 g/mol. The Bertz CT molecular complexity index is 821. The van der Waals surface area contributed by atoms with Crippen molar-refractivity contribution < 1.29 is 18.5 Å². The van der Waals surface area contributed by atoms with E-state index in [1.54, 1.807) is 18.2 Å². The van der Waals surface area contributed by atoms with E-state index in [-0.39, 0.29) is 5.56 Å². The van der Waals surface area contributed by atoms with Crippen molar-refractivity contribution in [1.29, 1.82) is 0 Å². The molecule has 0 spiro atoms. The molecule has 1 N–H and O–H groups in total. The topological polar surface area (TPSA) is 72.5 Å². The number of anilines is 1. The summed E-state index contributed by atoms with van der Waals surface area (Å²) in [7, 11) is -1.35. The molecule has 0 aliphatic carbocycles. The Labute approximate surface area is 157 Å². The summed E-state index contributed by atoms with van der Waals surface area (Å²) >= 11 is 11.7. The quantitative estimate of drug-likeness (QED) is 0.773. The van der Waals surface area contributed by atoms with Crippen LogP contribution in [0.5, 0.6) is 0 Å². The first-order valence-electron chi connectivity index (χ1n) is 7.18. The van der Waals surface area contributed by atoms with Crippen LogP contribution in [0.3, 0.4) is 0 Å². The molecule has 0 heterocycles. The summed E-state index contributed by atoms with van der Waals surface area (Å²) in [5, 5.41) is 3.31. The SMILES string of the molecule is C[C@@H](OC(=O)c1ccccc1[S@](C)=O)C(=O)Nc1cc(Cl)cc(Cl)c1. The zero-order valence-corrected chi connectivity index (χ0v) is 15.7. The van der Waals surface area contributed by atoms with E-state index in [0.717, 1.165) is 0 Å². The lowest BCUT2D eigenvalue weighted by atomic mass is 10.2. The Kier molecular flexibility index (Phi) is 6.58. The van der Waals surface area contributed by atoms with Crippen molar-refractivity contribution in [1.82, 2.24) is 0 Å². The third-order valence-corrected chi connectivity index (χ3v) is 4.61. The molecule has 0 saturated carbocycles. The fourth-order valence-electron chi connectivity index (χ4n) is 2.03. The van der Waals surface area contributed by atoms with Crippen LogP contribution in [0.15, 0.2) is 47.4 Å². The Morgan fingerprint density at radius 3 is 2.32 bits per heavy atom. The molecule has 0 aromatic heterocycles. The van der Waals surface area contributed by atoms with E-state index >= 15 is 0 Å². The number of halogens is 2. The number of hydrogen-bond donors (Lipinski definition) is 1. The second-order valence-electron chi connectivity index (χ2n) is 5.15. The Hall–Kier alpha value is -1.89. The number of benzene rings is 2. The van der Waals surface area contributed by atoms with Gasteiger partial charge in [0.15, 0.2) is 6.10 Å². The molecule has 0 saturated heterocycles. The van der Waals surface area contributed by atoms with Crippen LogP contribution in [-0.4, -0.2) is 28.4 Å². The highest BCUT2D eigenvalue weighted by Gasteiger charge is 2.22. The molecular formula is C17H15Cl2NO4S. The first-order valence-corrected chi connectivity index (χ1v) is 9.49. The molecular weight excluding hydrogens is 385 g/mol. The van der Waals surface area contributed by atoms with Crippen LogP contribution in [0.2, 0.25) is 10.0 Å². The predicted molar refractivity (Wildman–Crippen MR) is 98.7 cm³/mol. The Morgan fingerprint density at radius 2 is 1.72 bits per heavy atom. The summed E-state index contributed by atoms with van der Waals surface area (Å²) in [5.74, 6) is -1.26. The molecule has 0 fully saturated rings. The van der Waals surface area contributed by atoms with Gasteiger partial charge in [0.1, 0.15) is 0 Å². The van der Waals surface area contributed by atoms with Crippen molar-refractivity contribution in [3.05, 3.63) is 58.1 Å². The molecule has 2 aromatic rings. The first-order chi connectivity index (χ1) is 11.8. The number of ether oxygens (including phenoxy) is 1. The molecule has 8 heteroatoms. The largest absolute Gasteiger partial charge is 0.449 e. The van der Waals surface area contributed by atoms with Crippen LogP contribution in [0, 0.1) is 0 Å². The van der Waals surface area contributed by atoms with Crippen LogP contribution in [0.4, 0.5) is 5.69 Å². The highest BCUT2D eigenvalue weighted by molar-refractivity contribution is 7.84. The predicted octanol–water partition coefficient (Wildman–Crippen LogP) is 3.91. The second kappa shape index (κ2) is 8.47. The number of esters is 1. The smallest absolute Gasteiger partial charge is 0.340 e. The minimum atomic E-state index is -1.35. The fraction of sp³-hybridized carbons (Fsp3) is 0.176. The van der Waals surface area contributed by atoms with Gasteiger partial charge in [0, 0.05) is 22.0 Å². The van der Waals surface area contributed by atoms with E-state index in [2.05, 4.69) is 5.32 Å².